The maximum Gasteiger partial charge on any atom is 0.380 e. The van der Waals surface area contributed by atoms with Crippen LogP contribution in [0.25, 0.3) is 5.52 Å². The van der Waals surface area contributed by atoms with Crippen LogP contribution in [0.1, 0.15) is 44.6 Å². The van der Waals surface area contributed by atoms with E-state index in [1.165, 1.54) is 26.0 Å². The van der Waals surface area contributed by atoms with Gasteiger partial charge in [-0.1, -0.05) is 25.1 Å². The van der Waals surface area contributed by atoms with Gasteiger partial charge in [0.05, 0.1) is 18.5 Å². The van der Waals surface area contributed by atoms with Crippen molar-refractivity contribution in [2.24, 2.45) is 5.92 Å². The number of anilines is 1. The molecule has 2 aromatic heterocycles. The number of alkyl halides is 2. The second-order valence-electron chi connectivity index (χ2n) is 10.1. The largest absolute Gasteiger partial charge is 0.424 e. The summed E-state index contributed by atoms with van der Waals surface area (Å²) in [5.74, 6) is -0.976. The van der Waals surface area contributed by atoms with Crippen molar-refractivity contribution in [3.8, 4) is 5.75 Å². The minimum atomic E-state index is -4.09. The topological polar surface area (TPSA) is 175 Å². The highest BCUT2D eigenvalue weighted by Gasteiger charge is 2.57. The van der Waals surface area contributed by atoms with Gasteiger partial charge in [0.1, 0.15) is 41.1 Å². The third-order valence-electron chi connectivity index (χ3n) is 6.83. The first kappa shape index (κ1) is 31.0. The van der Waals surface area contributed by atoms with Gasteiger partial charge >= 0.3 is 7.60 Å². The predicted molar refractivity (Wildman–Crippen MR) is 151 cm³/mol. The Balaban J connectivity index is 1.58. The van der Waals surface area contributed by atoms with Crippen molar-refractivity contribution >= 4 is 46.6 Å². The molecular weight excluding hydrogens is 626 g/mol. The Morgan fingerprint density at radius 2 is 2.02 bits per heavy atom. The Morgan fingerprint density at radius 3 is 2.71 bits per heavy atom. The minimum absolute atomic E-state index is 0.0332. The number of aliphatic hydroxyl groups excluding tert-OH is 1. The lowest BCUT2D eigenvalue weighted by Crippen LogP contribution is -2.37. The number of ether oxygens (including phenoxy) is 1. The molecule has 6 atom stereocenters. The fraction of sp³-hybridized carbons (Fsp3) is 0.462. The number of nitrogens with two attached hydrogens (primary N) is 1. The number of aliphatic hydroxyl groups is 1. The number of benzene rings is 1. The van der Waals surface area contributed by atoms with Gasteiger partial charge < -0.3 is 24.9 Å². The van der Waals surface area contributed by atoms with E-state index >= 15 is 4.39 Å². The predicted octanol–water partition coefficient (Wildman–Crippen LogP) is 3.50. The number of nitrogens with one attached hydrogen (secondary N) is 1. The van der Waals surface area contributed by atoms with Crippen molar-refractivity contribution in [1.82, 2.24) is 14.6 Å². The molecule has 12 nitrogen and oxygen atoms in total. The number of nitrogens with zero attached hydrogens (tertiary/aromatic N) is 2. The van der Waals surface area contributed by atoms with E-state index in [9.17, 15) is 24.1 Å². The molecule has 2 unspecified atom stereocenters. The van der Waals surface area contributed by atoms with Crippen LogP contribution >= 0.6 is 23.5 Å². The number of H-pyrrole nitrogens is 1. The molecule has 0 saturated carbocycles. The average molecular weight is 657 g/mol. The number of rotatable bonds is 12. The third-order valence-corrected chi connectivity index (χ3v) is 9.72. The molecule has 4 N–H and O–H groups in total. The van der Waals surface area contributed by atoms with Crippen molar-refractivity contribution in [2.75, 3.05) is 18.5 Å². The minimum Gasteiger partial charge on any atom is -0.424 e. The van der Waals surface area contributed by atoms with Crippen LogP contribution in [0, 0.1) is 5.92 Å². The first-order chi connectivity index (χ1) is 19.2. The number of hydrogen-bond donors (Lipinski definition) is 3. The standard InChI is InChI=1S/C26H31BrFN4O8P/c1-14(16(3)34)13-41(37,40-20-7-5-4-6-17(20)9-8-15(2)33)38-12-21-22(35)26(27,28)23(39-21)18-10-11-19-24(36)30-25(29)31-32(18)19/h4-7,10-11,14,21-23,35H,8-9,12-13H2,1-3H3,(H3,29,30,31,36)/t14-,21-,22?,23+,26-,41?/m1/s1. The Labute approximate surface area is 243 Å². The molecule has 0 bridgehead atoms. The van der Waals surface area contributed by atoms with Crippen LogP contribution in [0.3, 0.4) is 0 Å². The van der Waals surface area contributed by atoms with Crippen molar-refractivity contribution in [2.45, 2.75) is 56.5 Å². The molecule has 1 aliphatic heterocycles. The van der Waals surface area contributed by atoms with E-state index in [4.69, 9.17) is 19.5 Å². The molecule has 3 heterocycles. The summed E-state index contributed by atoms with van der Waals surface area (Å²) in [4.78, 5) is 38.1. The van der Waals surface area contributed by atoms with Crippen molar-refractivity contribution in [3.63, 3.8) is 0 Å². The number of hydrogen-bond acceptors (Lipinski definition) is 10. The number of para-hydroxylation sites is 1. The van der Waals surface area contributed by atoms with Crippen LogP contribution in [0.5, 0.6) is 5.75 Å². The normalized spacial score (nSPS) is 24.7. The highest BCUT2D eigenvalue weighted by molar-refractivity contribution is 9.10. The summed E-state index contributed by atoms with van der Waals surface area (Å²) in [5.41, 5.74) is 5.88. The van der Waals surface area contributed by atoms with Crippen LogP contribution in [-0.4, -0.2) is 60.8 Å². The summed E-state index contributed by atoms with van der Waals surface area (Å²) >= 11 is 2.90. The number of aryl methyl sites for hydroxylation is 1. The summed E-state index contributed by atoms with van der Waals surface area (Å²) in [6.45, 7) is 3.82. The Bertz CT molecular complexity index is 1560. The molecule has 15 heteroatoms. The lowest BCUT2D eigenvalue weighted by molar-refractivity contribution is -0.120. The molecular formula is C26H31BrFN4O8P. The van der Waals surface area contributed by atoms with Crippen LogP contribution in [0.4, 0.5) is 10.3 Å². The monoisotopic (exact) mass is 656 g/mol. The highest BCUT2D eigenvalue weighted by atomic mass is 79.9. The second-order valence-corrected chi connectivity index (χ2v) is 13.3. The second kappa shape index (κ2) is 12.1. The summed E-state index contributed by atoms with van der Waals surface area (Å²) in [7, 11) is -4.09. The molecule has 1 aromatic carbocycles. The van der Waals surface area contributed by atoms with E-state index < -0.39 is 48.6 Å². The number of Topliss-reactive ketones (excluding diaryl/α,β-unsaturated/α-hetero) is 2. The number of halogens is 2. The zero-order valence-electron chi connectivity index (χ0n) is 22.6. The fourth-order valence-electron chi connectivity index (χ4n) is 4.41. The molecule has 1 fully saturated rings. The average Bonchev–Trinajstić information content (AvgIpc) is 3.40. The van der Waals surface area contributed by atoms with Crippen molar-refractivity contribution < 1.29 is 37.4 Å². The molecule has 3 aromatic rings. The van der Waals surface area contributed by atoms with Crippen LogP contribution in [-0.2, 0) is 29.8 Å². The fourth-order valence-corrected chi connectivity index (χ4v) is 7.06. The SMILES string of the molecule is CC(=O)CCc1ccccc1OP(=O)(C[C@@H](C)C(C)=O)OC[C@H]1O[C@@H](c2ccc3c(=O)[nH]c(N)nn23)[C@@](F)(Br)C1O. The molecule has 41 heavy (non-hydrogen) atoms. The van der Waals surface area contributed by atoms with Crippen LogP contribution in [0.15, 0.2) is 41.2 Å². The number of ketones is 2. The zero-order valence-corrected chi connectivity index (χ0v) is 25.1. The number of aromatic amines is 1. The number of carbonyl (C=O) groups is 2. The Hall–Kier alpha value is -2.90. The van der Waals surface area contributed by atoms with E-state index in [2.05, 4.69) is 26.0 Å². The van der Waals surface area contributed by atoms with Gasteiger partial charge in [-0.2, -0.15) is 0 Å². The molecule has 222 valence electrons. The van der Waals surface area contributed by atoms with Crippen molar-refractivity contribution in [1.29, 1.82) is 0 Å². The number of carbonyl (C=O) groups excluding carboxylic acids is 2. The molecule has 0 radical (unpaired) electrons. The summed E-state index contributed by atoms with van der Waals surface area (Å²) < 4.78 is 45.8. The lowest BCUT2D eigenvalue weighted by Gasteiger charge is -2.25. The van der Waals surface area contributed by atoms with E-state index in [-0.39, 0.29) is 47.1 Å². The first-order valence-electron chi connectivity index (χ1n) is 12.8. The molecule has 1 aliphatic rings. The van der Waals surface area contributed by atoms with Gasteiger partial charge in [-0.3, -0.25) is 19.1 Å². The highest BCUT2D eigenvalue weighted by Crippen LogP contribution is 2.53. The van der Waals surface area contributed by atoms with Crippen LogP contribution in [0.2, 0.25) is 0 Å². The van der Waals surface area contributed by atoms with Gasteiger partial charge in [0.15, 0.2) is 0 Å². The molecule has 0 aliphatic carbocycles. The number of fused-ring (bicyclic) bond motifs is 1. The molecule has 4 rings (SSSR count). The molecule has 0 amide bonds. The first-order valence-corrected chi connectivity index (χ1v) is 15.3. The van der Waals surface area contributed by atoms with Crippen molar-refractivity contribution in [3.05, 3.63) is 58.0 Å². The Kier molecular flexibility index (Phi) is 9.19. The quantitative estimate of drug-likeness (QED) is 0.193. The maximum atomic E-state index is 15.9. The van der Waals surface area contributed by atoms with Gasteiger partial charge in [-0.25, -0.2) is 13.5 Å². The van der Waals surface area contributed by atoms with Gasteiger partial charge in [0, 0.05) is 12.3 Å². The molecule has 0 spiro atoms. The van der Waals surface area contributed by atoms with Gasteiger partial charge in [-0.15, -0.1) is 5.10 Å². The third kappa shape index (κ3) is 6.78. The summed E-state index contributed by atoms with van der Waals surface area (Å²) in [6.07, 6.45) is -4.33. The van der Waals surface area contributed by atoms with E-state index in [1.807, 2.05) is 0 Å². The van der Waals surface area contributed by atoms with Gasteiger partial charge in [0.25, 0.3) is 5.56 Å². The van der Waals surface area contributed by atoms with E-state index in [0.29, 0.717) is 12.0 Å². The van der Waals surface area contributed by atoms with E-state index in [0.717, 1.165) is 4.52 Å². The number of nitrogen functional groups attached to an aromatic ring is 1. The van der Waals surface area contributed by atoms with Gasteiger partial charge in [-0.05, 0) is 60.0 Å². The zero-order chi connectivity index (χ0) is 30.1. The Morgan fingerprint density at radius 1 is 1.32 bits per heavy atom. The number of aromatic nitrogens is 3. The summed E-state index contributed by atoms with van der Waals surface area (Å²) in [5, 5.41) is 14.8. The molecule has 1 saturated heterocycles. The van der Waals surface area contributed by atoms with E-state index in [1.54, 1.807) is 31.2 Å². The maximum absolute atomic E-state index is 15.9. The summed E-state index contributed by atoms with van der Waals surface area (Å²) in [6, 6.07) is 9.51. The lowest BCUT2D eigenvalue weighted by atomic mass is 10.1. The van der Waals surface area contributed by atoms with Crippen LogP contribution < -0.4 is 15.8 Å². The smallest absolute Gasteiger partial charge is 0.380 e. The van der Waals surface area contributed by atoms with Gasteiger partial charge in [0.2, 0.25) is 10.5 Å².